The van der Waals surface area contributed by atoms with Crippen LogP contribution >= 0.6 is 11.3 Å². The third-order valence-electron chi connectivity index (χ3n) is 7.16. The molecule has 0 bridgehead atoms. The molecule has 1 atom stereocenters. The van der Waals surface area contributed by atoms with Crippen LogP contribution in [0.1, 0.15) is 6.92 Å². The van der Waals surface area contributed by atoms with Crippen molar-refractivity contribution in [2.45, 2.75) is 13.0 Å². The molecular formula is C25H25N5O3S. The molecular weight excluding hydrogens is 450 g/mol. The Kier molecular flexibility index (Phi) is 4.65. The van der Waals surface area contributed by atoms with Crippen molar-refractivity contribution in [2.24, 2.45) is 11.3 Å². The van der Waals surface area contributed by atoms with Gasteiger partial charge in [0.15, 0.2) is 0 Å². The van der Waals surface area contributed by atoms with Gasteiger partial charge in [0.2, 0.25) is 0 Å². The zero-order chi connectivity index (χ0) is 22.7. The van der Waals surface area contributed by atoms with Gasteiger partial charge in [-0.2, -0.15) is 0 Å². The first kappa shape index (κ1) is 20.4. The van der Waals surface area contributed by atoms with E-state index < -0.39 is 0 Å². The highest BCUT2D eigenvalue weighted by molar-refractivity contribution is 7.16. The predicted molar refractivity (Wildman–Crippen MR) is 132 cm³/mol. The van der Waals surface area contributed by atoms with Crippen LogP contribution in [-0.4, -0.2) is 60.6 Å². The average molecular weight is 476 g/mol. The lowest BCUT2D eigenvalue weighted by molar-refractivity contribution is -0.127. The number of anilines is 3. The Bertz CT molecular complexity index is 1380. The molecule has 3 saturated heterocycles. The average Bonchev–Trinajstić information content (AvgIpc) is 3.18. The van der Waals surface area contributed by atoms with E-state index in [0.29, 0.717) is 11.3 Å². The fourth-order valence-corrected chi connectivity index (χ4v) is 5.64. The predicted octanol–water partition coefficient (Wildman–Crippen LogP) is 4.23. The molecule has 5 heterocycles. The molecule has 4 aromatic rings. The van der Waals surface area contributed by atoms with Crippen LogP contribution in [0.4, 0.5) is 17.2 Å². The smallest absolute Gasteiger partial charge is 0.145 e. The van der Waals surface area contributed by atoms with E-state index in [9.17, 15) is 0 Å². The SMILES string of the molecule is CC(Oc1cc(N2CC3(COC3)C2)cc2ncnc(Nc3ccc4ncsc4c3)c12)C1COC1. The first-order valence-corrected chi connectivity index (χ1v) is 12.5. The molecule has 7 rings (SSSR count). The van der Waals surface area contributed by atoms with E-state index in [-0.39, 0.29) is 6.10 Å². The third-order valence-corrected chi connectivity index (χ3v) is 7.95. The van der Waals surface area contributed by atoms with Gasteiger partial charge in [0.1, 0.15) is 24.0 Å². The van der Waals surface area contributed by atoms with Crippen molar-refractivity contribution < 1.29 is 14.2 Å². The summed E-state index contributed by atoms with van der Waals surface area (Å²) in [5.41, 5.74) is 6.16. The van der Waals surface area contributed by atoms with Crippen LogP contribution in [0, 0.1) is 11.3 Å². The number of nitrogens with zero attached hydrogens (tertiary/aromatic N) is 4. The van der Waals surface area contributed by atoms with Crippen molar-refractivity contribution in [1.82, 2.24) is 15.0 Å². The molecule has 2 aromatic heterocycles. The molecule has 3 fully saturated rings. The number of aromatic nitrogens is 3. The first-order valence-electron chi connectivity index (χ1n) is 11.6. The van der Waals surface area contributed by atoms with Gasteiger partial charge in [-0.3, -0.25) is 0 Å². The fourth-order valence-electron chi connectivity index (χ4n) is 4.92. The molecule has 174 valence electrons. The fraction of sp³-hybridized carbons (Fsp3) is 0.400. The molecule has 0 radical (unpaired) electrons. The Labute approximate surface area is 200 Å². The van der Waals surface area contributed by atoms with Crippen LogP contribution in [0.15, 0.2) is 42.2 Å². The van der Waals surface area contributed by atoms with Gasteiger partial charge >= 0.3 is 0 Å². The van der Waals surface area contributed by atoms with Crippen molar-refractivity contribution in [1.29, 1.82) is 0 Å². The summed E-state index contributed by atoms with van der Waals surface area (Å²) in [4.78, 5) is 16.0. The quantitative estimate of drug-likeness (QED) is 0.444. The second-order valence-electron chi connectivity index (χ2n) is 9.69. The molecule has 1 unspecified atom stereocenters. The zero-order valence-electron chi connectivity index (χ0n) is 18.9. The summed E-state index contributed by atoms with van der Waals surface area (Å²) in [6.45, 7) is 7.33. The number of nitrogens with one attached hydrogen (secondary N) is 1. The molecule has 8 nitrogen and oxygen atoms in total. The number of hydrogen-bond donors (Lipinski definition) is 1. The molecule has 0 amide bonds. The van der Waals surface area contributed by atoms with Gasteiger partial charge in [0.25, 0.3) is 0 Å². The van der Waals surface area contributed by atoms with E-state index >= 15 is 0 Å². The molecule has 3 aliphatic heterocycles. The summed E-state index contributed by atoms with van der Waals surface area (Å²) in [6.07, 6.45) is 1.65. The van der Waals surface area contributed by atoms with E-state index in [1.54, 1.807) is 17.7 Å². The van der Waals surface area contributed by atoms with E-state index in [2.05, 4.69) is 50.3 Å². The highest BCUT2D eigenvalue weighted by Gasteiger charge is 2.49. The van der Waals surface area contributed by atoms with Crippen LogP contribution in [0.25, 0.3) is 21.1 Å². The van der Waals surface area contributed by atoms with Crippen molar-refractivity contribution in [2.75, 3.05) is 49.7 Å². The van der Waals surface area contributed by atoms with E-state index in [0.717, 1.165) is 83.6 Å². The van der Waals surface area contributed by atoms with Crippen LogP contribution < -0.4 is 15.0 Å². The standard InChI is InChI=1S/C25H25N5O3S/c1-15(16-7-31-8-16)33-21-6-18(30-9-25(10-30)11-32-12-25)5-20-23(21)24(27-13-26-20)29-17-2-3-19-22(4-17)34-14-28-19/h2-6,13-16H,7-12H2,1H3,(H,26,27,29). The number of thiazole rings is 1. The highest BCUT2D eigenvalue weighted by atomic mass is 32.1. The lowest BCUT2D eigenvalue weighted by Crippen LogP contribution is -2.66. The third kappa shape index (κ3) is 3.38. The van der Waals surface area contributed by atoms with Gasteiger partial charge in [0, 0.05) is 36.4 Å². The summed E-state index contributed by atoms with van der Waals surface area (Å²) in [7, 11) is 0. The maximum absolute atomic E-state index is 6.56. The van der Waals surface area contributed by atoms with Crippen LogP contribution in [0.2, 0.25) is 0 Å². The van der Waals surface area contributed by atoms with Crippen molar-refractivity contribution >= 4 is 49.6 Å². The summed E-state index contributed by atoms with van der Waals surface area (Å²) < 4.78 is 18.5. The summed E-state index contributed by atoms with van der Waals surface area (Å²) in [5.74, 6) is 1.94. The second kappa shape index (κ2) is 7.76. The molecule has 2 aromatic carbocycles. The van der Waals surface area contributed by atoms with Gasteiger partial charge < -0.3 is 24.4 Å². The van der Waals surface area contributed by atoms with Crippen molar-refractivity contribution in [3.8, 4) is 5.75 Å². The van der Waals surface area contributed by atoms with Crippen molar-refractivity contribution in [3.05, 3.63) is 42.2 Å². The van der Waals surface area contributed by atoms with Gasteiger partial charge in [-0.25, -0.2) is 15.0 Å². The van der Waals surface area contributed by atoms with Gasteiger partial charge in [0.05, 0.1) is 58.5 Å². The Morgan fingerprint density at radius 2 is 1.97 bits per heavy atom. The molecule has 1 spiro atoms. The van der Waals surface area contributed by atoms with Gasteiger partial charge in [-0.05, 0) is 31.2 Å². The topological polar surface area (TPSA) is 81.6 Å². The first-order chi connectivity index (χ1) is 16.7. The second-order valence-corrected chi connectivity index (χ2v) is 10.6. The number of benzene rings is 2. The summed E-state index contributed by atoms with van der Waals surface area (Å²) in [5, 5.41) is 4.39. The molecule has 34 heavy (non-hydrogen) atoms. The highest BCUT2D eigenvalue weighted by Crippen LogP contribution is 2.44. The minimum absolute atomic E-state index is 0.0385. The molecule has 1 N–H and O–H groups in total. The van der Waals surface area contributed by atoms with E-state index in [1.807, 2.05) is 17.6 Å². The minimum Gasteiger partial charge on any atom is -0.489 e. The van der Waals surface area contributed by atoms with Crippen LogP contribution in [-0.2, 0) is 9.47 Å². The van der Waals surface area contributed by atoms with E-state index in [4.69, 9.17) is 14.2 Å². The Balaban J connectivity index is 1.27. The van der Waals surface area contributed by atoms with Crippen LogP contribution in [0.3, 0.4) is 0 Å². The number of ether oxygens (including phenoxy) is 3. The number of fused-ring (bicyclic) bond motifs is 2. The minimum atomic E-state index is 0.0385. The monoisotopic (exact) mass is 475 g/mol. The Hall–Kier alpha value is -3.01. The molecule has 3 aliphatic rings. The maximum atomic E-state index is 6.56. The Morgan fingerprint density at radius 3 is 2.74 bits per heavy atom. The zero-order valence-corrected chi connectivity index (χ0v) is 19.7. The maximum Gasteiger partial charge on any atom is 0.145 e. The normalized spacial score (nSPS) is 20.1. The number of rotatable bonds is 6. The van der Waals surface area contributed by atoms with Gasteiger partial charge in [-0.15, -0.1) is 11.3 Å². The van der Waals surface area contributed by atoms with E-state index in [1.165, 1.54) is 0 Å². The van der Waals surface area contributed by atoms with Crippen LogP contribution in [0.5, 0.6) is 5.75 Å². The molecule has 0 saturated carbocycles. The summed E-state index contributed by atoms with van der Waals surface area (Å²) in [6, 6.07) is 10.4. The molecule has 0 aliphatic carbocycles. The largest absolute Gasteiger partial charge is 0.489 e. The summed E-state index contributed by atoms with van der Waals surface area (Å²) >= 11 is 1.62. The van der Waals surface area contributed by atoms with Gasteiger partial charge in [-0.1, -0.05) is 0 Å². The van der Waals surface area contributed by atoms with Crippen molar-refractivity contribution in [3.63, 3.8) is 0 Å². The lowest BCUT2D eigenvalue weighted by Gasteiger charge is -2.56. The lowest BCUT2D eigenvalue weighted by atomic mass is 9.77. The number of hydrogen-bond acceptors (Lipinski definition) is 9. The Morgan fingerprint density at radius 1 is 1.09 bits per heavy atom. The molecule has 9 heteroatoms.